The summed E-state index contributed by atoms with van der Waals surface area (Å²) in [7, 11) is -1.56. The smallest absolute Gasteiger partial charge is 0.263 e. The van der Waals surface area contributed by atoms with E-state index in [0.717, 1.165) is 37.6 Å². The van der Waals surface area contributed by atoms with E-state index in [1.54, 1.807) is 36.4 Å². The first-order valence-electron chi connectivity index (χ1n) is 7.81. The zero-order chi connectivity index (χ0) is 17.2. The molecule has 2 heterocycles. The number of likely N-dealkylation sites (N-methyl/N-ethyl adjacent to an activating group) is 1. The molecule has 2 aromatic rings. The van der Waals surface area contributed by atoms with Crippen LogP contribution in [0.4, 0.5) is 11.6 Å². The number of hydrogen-bond donors (Lipinski definition) is 1. The molecule has 1 aromatic heterocycles. The highest BCUT2D eigenvalue weighted by atomic mass is 32.2. The molecule has 1 N–H and O–H groups in total. The summed E-state index contributed by atoms with van der Waals surface area (Å²) in [5.74, 6) is 0.981. The van der Waals surface area contributed by atoms with Crippen molar-refractivity contribution in [3.63, 3.8) is 0 Å². The summed E-state index contributed by atoms with van der Waals surface area (Å²) >= 11 is 0. The number of hydrogen-bond acceptors (Lipinski definition) is 6. The number of nitrogens with one attached hydrogen (secondary N) is 1. The molecule has 1 aliphatic rings. The predicted octanol–water partition coefficient (Wildman–Crippen LogP) is 1.34. The number of aromatic nitrogens is 2. The van der Waals surface area contributed by atoms with Crippen LogP contribution < -0.4 is 9.62 Å². The molecule has 0 spiro atoms. The molecule has 1 fully saturated rings. The van der Waals surface area contributed by atoms with Crippen molar-refractivity contribution in [2.75, 3.05) is 42.8 Å². The number of nitrogens with zero attached hydrogens (tertiary/aromatic N) is 4. The van der Waals surface area contributed by atoms with Gasteiger partial charge in [0.25, 0.3) is 10.0 Å². The largest absolute Gasteiger partial charge is 0.353 e. The SMILES string of the molecule is Cc1ccc(S(=O)(=O)Nc2ccc(N3CCN(C)CC3)nn2)cc1. The Hall–Kier alpha value is -2.19. The lowest BCUT2D eigenvalue weighted by molar-refractivity contribution is 0.312. The average molecular weight is 347 g/mol. The van der Waals surface area contributed by atoms with Crippen LogP contribution >= 0.6 is 0 Å². The van der Waals surface area contributed by atoms with Crippen molar-refractivity contribution in [3.8, 4) is 0 Å². The van der Waals surface area contributed by atoms with E-state index >= 15 is 0 Å². The molecule has 0 aliphatic carbocycles. The van der Waals surface area contributed by atoms with Gasteiger partial charge in [-0.1, -0.05) is 17.7 Å². The second-order valence-electron chi connectivity index (χ2n) is 5.99. The van der Waals surface area contributed by atoms with E-state index in [9.17, 15) is 8.42 Å². The molecule has 1 saturated heterocycles. The standard InChI is InChI=1S/C16H21N5O2S/c1-13-3-5-14(6-4-13)24(22,23)19-15-7-8-16(18-17-15)21-11-9-20(2)10-12-21/h3-8H,9-12H2,1-2H3,(H,17,19). The van der Waals surface area contributed by atoms with Gasteiger partial charge < -0.3 is 9.80 Å². The van der Waals surface area contributed by atoms with E-state index in [4.69, 9.17) is 0 Å². The van der Waals surface area contributed by atoms with Crippen LogP contribution in [0.1, 0.15) is 5.56 Å². The van der Waals surface area contributed by atoms with E-state index in [1.807, 2.05) is 6.92 Å². The highest BCUT2D eigenvalue weighted by Gasteiger charge is 2.17. The minimum atomic E-state index is -3.65. The molecular formula is C16H21N5O2S. The van der Waals surface area contributed by atoms with Crippen molar-refractivity contribution in [3.05, 3.63) is 42.0 Å². The van der Waals surface area contributed by atoms with Crippen LogP contribution in [0.5, 0.6) is 0 Å². The van der Waals surface area contributed by atoms with Gasteiger partial charge in [0.2, 0.25) is 0 Å². The fraction of sp³-hybridized carbons (Fsp3) is 0.375. The third kappa shape index (κ3) is 3.82. The van der Waals surface area contributed by atoms with Crippen LogP contribution in [0.15, 0.2) is 41.3 Å². The van der Waals surface area contributed by atoms with Crippen LogP contribution in [0.2, 0.25) is 0 Å². The number of rotatable bonds is 4. The Labute approximate surface area is 142 Å². The molecule has 128 valence electrons. The molecule has 24 heavy (non-hydrogen) atoms. The summed E-state index contributed by atoms with van der Waals surface area (Å²) in [5, 5.41) is 8.16. The van der Waals surface area contributed by atoms with Crippen LogP contribution in [-0.2, 0) is 10.0 Å². The first-order chi connectivity index (χ1) is 11.4. The summed E-state index contributed by atoms with van der Waals surface area (Å²) in [6, 6.07) is 10.1. The molecule has 0 atom stereocenters. The fourth-order valence-electron chi connectivity index (χ4n) is 2.50. The van der Waals surface area contributed by atoms with Crippen molar-refractivity contribution in [2.24, 2.45) is 0 Å². The number of anilines is 2. The van der Waals surface area contributed by atoms with Gasteiger partial charge in [0.05, 0.1) is 4.90 Å². The summed E-state index contributed by atoms with van der Waals surface area (Å²) in [6.07, 6.45) is 0. The van der Waals surface area contributed by atoms with Gasteiger partial charge in [-0.25, -0.2) is 8.42 Å². The lowest BCUT2D eigenvalue weighted by atomic mass is 10.2. The number of sulfonamides is 1. The Balaban J connectivity index is 1.70. The molecule has 0 amide bonds. The molecule has 1 aliphatic heterocycles. The van der Waals surface area contributed by atoms with Crippen molar-refractivity contribution < 1.29 is 8.42 Å². The zero-order valence-electron chi connectivity index (χ0n) is 13.8. The monoisotopic (exact) mass is 347 g/mol. The topological polar surface area (TPSA) is 78.4 Å². The molecule has 0 bridgehead atoms. The zero-order valence-corrected chi connectivity index (χ0v) is 14.6. The van der Waals surface area contributed by atoms with Gasteiger partial charge >= 0.3 is 0 Å². The van der Waals surface area contributed by atoms with Crippen LogP contribution in [-0.4, -0.2) is 56.7 Å². The lowest BCUT2D eigenvalue weighted by Crippen LogP contribution is -2.44. The number of piperazine rings is 1. The first-order valence-corrected chi connectivity index (χ1v) is 9.29. The lowest BCUT2D eigenvalue weighted by Gasteiger charge is -2.32. The Morgan fingerprint density at radius 2 is 1.62 bits per heavy atom. The molecule has 3 rings (SSSR count). The number of aryl methyl sites for hydroxylation is 1. The van der Waals surface area contributed by atoms with E-state index in [1.165, 1.54) is 0 Å². The second-order valence-corrected chi connectivity index (χ2v) is 7.67. The van der Waals surface area contributed by atoms with Crippen molar-refractivity contribution >= 4 is 21.7 Å². The average Bonchev–Trinajstić information content (AvgIpc) is 2.56. The van der Waals surface area contributed by atoms with Crippen LogP contribution in [0, 0.1) is 6.92 Å². The minimum Gasteiger partial charge on any atom is -0.353 e. The Morgan fingerprint density at radius 3 is 2.21 bits per heavy atom. The van der Waals surface area contributed by atoms with Crippen LogP contribution in [0.3, 0.4) is 0 Å². The molecule has 8 heteroatoms. The third-order valence-electron chi connectivity index (χ3n) is 4.05. The maximum atomic E-state index is 12.3. The second kappa shape index (κ2) is 6.74. The van der Waals surface area contributed by atoms with Gasteiger partial charge in [-0.2, -0.15) is 0 Å². The molecule has 0 unspecified atom stereocenters. The first kappa shape index (κ1) is 16.7. The molecular weight excluding hydrogens is 326 g/mol. The van der Waals surface area contributed by atoms with Crippen molar-refractivity contribution in [2.45, 2.75) is 11.8 Å². The Kier molecular flexibility index (Phi) is 4.68. The van der Waals surface area contributed by atoms with Crippen molar-refractivity contribution in [1.82, 2.24) is 15.1 Å². The molecule has 7 nitrogen and oxygen atoms in total. The summed E-state index contributed by atoms with van der Waals surface area (Å²) in [5.41, 5.74) is 1.00. The fourth-order valence-corrected chi connectivity index (χ4v) is 3.49. The maximum Gasteiger partial charge on any atom is 0.263 e. The Morgan fingerprint density at radius 1 is 0.958 bits per heavy atom. The molecule has 0 radical (unpaired) electrons. The van der Waals surface area contributed by atoms with Crippen LogP contribution in [0.25, 0.3) is 0 Å². The maximum absolute atomic E-state index is 12.3. The molecule has 1 aromatic carbocycles. The van der Waals surface area contributed by atoms with Crippen molar-refractivity contribution in [1.29, 1.82) is 0 Å². The predicted molar refractivity (Wildman–Crippen MR) is 93.7 cm³/mol. The van der Waals surface area contributed by atoms with E-state index in [2.05, 4.69) is 31.8 Å². The van der Waals surface area contributed by atoms with Gasteiger partial charge in [0.15, 0.2) is 11.6 Å². The van der Waals surface area contributed by atoms with Gasteiger partial charge in [-0.05, 0) is 38.2 Å². The third-order valence-corrected chi connectivity index (χ3v) is 5.42. The number of benzene rings is 1. The quantitative estimate of drug-likeness (QED) is 0.899. The van der Waals surface area contributed by atoms with Gasteiger partial charge in [-0.3, -0.25) is 4.72 Å². The molecule has 0 saturated carbocycles. The highest BCUT2D eigenvalue weighted by molar-refractivity contribution is 7.92. The Bertz CT molecular complexity index is 782. The van der Waals surface area contributed by atoms with Gasteiger partial charge in [0.1, 0.15) is 0 Å². The summed E-state index contributed by atoms with van der Waals surface area (Å²) in [4.78, 5) is 4.61. The van der Waals surface area contributed by atoms with Gasteiger partial charge in [0, 0.05) is 26.2 Å². The summed E-state index contributed by atoms with van der Waals surface area (Å²) in [6.45, 7) is 5.64. The van der Waals surface area contributed by atoms with E-state index < -0.39 is 10.0 Å². The van der Waals surface area contributed by atoms with E-state index in [0.29, 0.717) is 0 Å². The highest BCUT2D eigenvalue weighted by Crippen LogP contribution is 2.17. The normalized spacial score (nSPS) is 16.2. The van der Waals surface area contributed by atoms with Gasteiger partial charge in [-0.15, -0.1) is 10.2 Å². The minimum absolute atomic E-state index is 0.207. The summed E-state index contributed by atoms with van der Waals surface area (Å²) < 4.78 is 27.1. The van der Waals surface area contributed by atoms with E-state index in [-0.39, 0.29) is 10.7 Å².